The number of hydrogen-bond acceptors (Lipinski definition) is 3. The fourth-order valence-corrected chi connectivity index (χ4v) is 2.68. The average molecular weight is 269 g/mol. The maximum atomic E-state index is 12.6. The first-order chi connectivity index (χ1) is 9.79. The monoisotopic (exact) mass is 269 g/mol. The Morgan fingerprint density at radius 1 is 1.40 bits per heavy atom. The molecule has 0 spiro atoms. The lowest BCUT2D eigenvalue weighted by Crippen LogP contribution is -2.14. The molecule has 0 unspecified atom stereocenters. The number of benzene rings is 1. The molecule has 1 aromatic heterocycles. The number of aromatic nitrogens is 2. The van der Waals surface area contributed by atoms with Crippen molar-refractivity contribution in [2.45, 2.75) is 32.7 Å². The fraction of sp³-hybridized carbons (Fsp3) is 0.375. The van der Waals surface area contributed by atoms with E-state index in [2.05, 4.69) is 17.3 Å². The fourth-order valence-electron chi connectivity index (χ4n) is 2.68. The summed E-state index contributed by atoms with van der Waals surface area (Å²) in [6.07, 6.45) is 4.83. The zero-order valence-electron chi connectivity index (χ0n) is 11.7. The molecule has 2 aromatic rings. The van der Waals surface area contributed by atoms with Crippen molar-refractivity contribution in [3.63, 3.8) is 0 Å². The minimum atomic E-state index is 0.0596. The number of carbonyl (C=O) groups excluding carboxylic acids is 1. The second-order valence-electron chi connectivity index (χ2n) is 5.17. The summed E-state index contributed by atoms with van der Waals surface area (Å²) in [5.41, 5.74) is 3.83. The lowest BCUT2D eigenvalue weighted by molar-refractivity contribution is 0.102. The van der Waals surface area contributed by atoms with Crippen LogP contribution >= 0.6 is 0 Å². The van der Waals surface area contributed by atoms with E-state index in [-0.39, 0.29) is 5.78 Å². The van der Waals surface area contributed by atoms with Crippen LogP contribution in [0.2, 0.25) is 0 Å². The Kier molecular flexibility index (Phi) is 3.54. The summed E-state index contributed by atoms with van der Waals surface area (Å²) in [6.45, 7) is 3.88. The highest BCUT2D eigenvalue weighted by molar-refractivity contribution is 6.08. The molecule has 0 saturated carbocycles. The van der Waals surface area contributed by atoms with Gasteiger partial charge in [0.25, 0.3) is 0 Å². The molecule has 4 nitrogen and oxygen atoms in total. The van der Waals surface area contributed by atoms with Crippen molar-refractivity contribution in [2.24, 2.45) is 0 Å². The first-order valence-electron chi connectivity index (χ1n) is 7.23. The first-order valence-corrected chi connectivity index (χ1v) is 7.23. The molecule has 104 valence electrons. The number of rotatable bonds is 4. The van der Waals surface area contributed by atoms with Crippen LogP contribution in [-0.4, -0.2) is 22.1 Å². The number of nitrogens with one attached hydrogen (secondary N) is 1. The van der Waals surface area contributed by atoms with Crippen LogP contribution in [0.4, 0.5) is 5.69 Å². The number of nitrogens with zero attached hydrogens (tertiary/aromatic N) is 2. The summed E-state index contributed by atoms with van der Waals surface area (Å²) in [5, 5.41) is 7.59. The number of carbonyl (C=O) groups is 1. The summed E-state index contributed by atoms with van der Waals surface area (Å²) >= 11 is 0. The van der Waals surface area contributed by atoms with Gasteiger partial charge in [-0.15, -0.1) is 0 Å². The van der Waals surface area contributed by atoms with Gasteiger partial charge in [-0.05, 0) is 49.1 Å². The van der Waals surface area contributed by atoms with Crippen LogP contribution < -0.4 is 5.32 Å². The van der Waals surface area contributed by atoms with Crippen molar-refractivity contribution in [1.82, 2.24) is 9.78 Å². The van der Waals surface area contributed by atoms with Gasteiger partial charge in [-0.25, -0.2) is 0 Å². The molecule has 0 aliphatic carbocycles. The lowest BCUT2D eigenvalue weighted by atomic mass is 9.98. The molecule has 0 atom stereocenters. The molecule has 0 fully saturated rings. The molecule has 3 rings (SSSR count). The third-order valence-electron chi connectivity index (χ3n) is 3.69. The van der Waals surface area contributed by atoms with Gasteiger partial charge in [-0.2, -0.15) is 5.10 Å². The summed E-state index contributed by atoms with van der Waals surface area (Å²) in [5.74, 6) is 0.0596. The van der Waals surface area contributed by atoms with Gasteiger partial charge in [0.1, 0.15) is 5.69 Å². The number of anilines is 1. The van der Waals surface area contributed by atoms with Crippen molar-refractivity contribution in [3.8, 4) is 0 Å². The SMILES string of the molecule is CCCn1nccc1C(=O)c1ccc2c(c1)CCCN2. The predicted molar refractivity (Wildman–Crippen MR) is 79.2 cm³/mol. The maximum Gasteiger partial charge on any atom is 0.211 e. The zero-order valence-corrected chi connectivity index (χ0v) is 11.7. The molecule has 0 bridgehead atoms. The highest BCUT2D eigenvalue weighted by Crippen LogP contribution is 2.24. The van der Waals surface area contributed by atoms with Crippen LogP contribution in [0.3, 0.4) is 0 Å². The van der Waals surface area contributed by atoms with Gasteiger partial charge in [0.15, 0.2) is 0 Å². The quantitative estimate of drug-likeness (QED) is 0.868. The third kappa shape index (κ3) is 2.33. The Labute approximate surface area is 118 Å². The molecular formula is C16H19N3O. The van der Waals surface area contributed by atoms with Crippen LogP contribution in [-0.2, 0) is 13.0 Å². The number of aryl methyl sites for hydroxylation is 2. The minimum Gasteiger partial charge on any atom is -0.385 e. The summed E-state index contributed by atoms with van der Waals surface area (Å²) < 4.78 is 1.79. The highest BCUT2D eigenvalue weighted by Gasteiger charge is 2.16. The zero-order chi connectivity index (χ0) is 13.9. The predicted octanol–water partition coefficient (Wildman–Crippen LogP) is 2.88. The molecule has 1 aliphatic rings. The Morgan fingerprint density at radius 2 is 2.30 bits per heavy atom. The van der Waals surface area contributed by atoms with E-state index in [9.17, 15) is 4.79 Å². The largest absolute Gasteiger partial charge is 0.385 e. The Bertz CT molecular complexity index is 630. The van der Waals surface area contributed by atoms with Crippen LogP contribution in [0, 0.1) is 0 Å². The van der Waals surface area contributed by atoms with E-state index in [0.717, 1.165) is 43.6 Å². The Hall–Kier alpha value is -2.10. The van der Waals surface area contributed by atoms with Gasteiger partial charge in [-0.1, -0.05) is 6.92 Å². The first kappa shape index (κ1) is 12.9. The molecular weight excluding hydrogens is 250 g/mol. The lowest BCUT2D eigenvalue weighted by Gasteiger charge is -2.18. The smallest absolute Gasteiger partial charge is 0.211 e. The van der Waals surface area contributed by atoms with E-state index < -0.39 is 0 Å². The molecule has 4 heteroatoms. The van der Waals surface area contributed by atoms with E-state index in [0.29, 0.717) is 5.69 Å². The van der Waals surface area contributed by atoms with Crippen LogP contribution in [0.15, 0.2) is 30.5 Å². The van der Waals surface area contributed by atoms with Gasteiger partial charge < -0.3 is 5.32 Å². The summed E-state index contributed by atoms with van der Waals surface area (Å²) in [4.78, 5) is 12.6. The van der Waals surface area contributed by atoms with Gasteiger partial charge in [0, 0.05) is 30.5 Å². The molecule has 0 saturated heterocycles. The average Bonchev–Trinajstić information content (AvgIpc) is 2.94. The van der Waals surface area contributed by atoms with Crippen molar-refractivity contribution >= 4 is 11.5 Å². The Balaban J connectivity index is 1.92. The molecule has 20 heavy (non-hydrogen) atoms. The van der Waals surface area contributed by atoms with Crippen LogP contribution in [0.1, 0.15) is 41.4 Å². The molecule has 1 N–H and O–H groups in total. The van der Waals surface area contributed by atoms with Crippen LogP contribution in [0.5, 0.6) is 0 Å². The van der Waals surface area contributed by atoms with E-state index in [1.165, 1.54) is 5.56 Å². The second-order valence-corrected chi connectivity index (χ2v) is 5.17. The van der Waals surface area contributed by atoms with Crippen molar-refractivity contribution in [2.75, 3.05) is 11.9 Å². The number of fused-ring (bicyclic) bond motifs is 1. The summed E-state index contributed by atoms with van der Waals surface area (Å²) in [6, 6.07) is 7.74. The van der Waals surface area contributed by atoms with Gasteiger partial charge in [0.2, 0.25) is 5.78 Å². The molecule has 1 aliphatic heterocycles. The number of hydrogen-bond donors (Lipinski definition) is 1. The maximum absolute atomic E-state index is 12.6. The van der Waals surface area contributed by atoms with Gasteiger partial charge in [-0.3, -0.25) is 9.48 Å². The number of ketones is 1. The van der Waals surface area contributed by atoms with E-state index in [1.54, 1.807) is 16.9 Å². The highest BCUT2D eigenvalue weighted by atomic mass is 16.1. The summed E-state index contributed by atoms with van der Waals surface area (Å²) in [7, 11) is 0. The van der Waals surface area contributed by atoms with E-state index in [1.807, 2.05) is 18.2 Å². The van der Waals surface area contributed by atoms with E-state index in [4.69, 9.17) is 0 Å². The molecule has 0 amide bonds. The third-order valence-corrected chi connectivity index (χ3v) is 3.69. The molecule has 0 radical (unpaired) electrons. The topological polar surface area (TPSA) is 46.9 Å². The molecule has 2 heterocycles. The van der Waals surface area contributed by atoms with Gasteiger partial charge >= 0.3 is 0 Å². The van der Waals surface area contributed by atoms with Crippen molar-refractivity contribution < 1.29 is 4.79 Å². The van der Waals surface area contributed by atoms with E-state index >= 15 is 0 Å². The van der Waals surface area contributed by atoms with Crippen molar-refractivity contribution in [1.29, 1.82) is 0 Å². The Morgan fingerprint density at radius 3 is 3.15 bits per heavy atom. The second kappa shape index (κ2) is 5.49. The van der Waals surface area contributed by atoms with Crippen LogP contribution in [0.25, 0.3) is 0 Å². The minimum absolute atomic E-state index is 0.0596. The normalized spacial score (nSPS) is 13.7. The molecule has 1 aromatic carbocycles. The van der Waals surface area contributed by atoms with Gasteiger partial charge in [0.05, 0.1) is 0 Å². The standard InChI is InChI=1S/C16H19N3O/c1-2-10-19-15(7-9-18-19)16(20)13-5-6-14-12(11-13)4-3-8-17-14/h5-7,9,11,17H,2-4,8,10H2,1H3. The van der Waals surface area contributed by atoms with Crippen molar-refractivity contribution in [3.05, 3.63) is 47.3 Å².